The van der Waals surface area contributed by atoms with Gasteiger partial charge in [0.25, 0.3) is 0 Å². The summed E-state index contributed by atoms with van der Waals surface area (Å²) in [6.07, 6.45) is 0. The van der Waals surface area contributed by atoms with Crippen molar-refractivity contribution in [1.82, 2.24) is 0 Å². The van der Waals surface area contributed by atoms with Crippen molar-refractivity contribution < 1.29 is 14.3 Å². The van der Waals surface area contributed by atoms with Gasteiger partial charge in [0.2, 0.25) is 0 Å². The fraction of sp³-hybridized carbons (Fsp3) is 0.267. The Hall–Kier alpha value is -1.90. The fourth-order valence-corrected chi connectivity index (χ4v) is 2.26. The minimum atomic E-state index is -0.511. The number of benzene rings is 2. The molecule has 0 aliphatic heterocycles. The molecule has 0 atom stereocenters. The highest BCUT2D eigenvalue weighted by Gasteiger charge is 2.17. The van der Waals surface area contributed by atoms with E-state index in [0.717, 1.165) is 5.56 Å². The smallest absolute Gasteiger partial charge is 0.163 e. The molecule has 0 radical (unpaired) electrons. The van der Waals surface area contributed by atoms with Gasteiger partial charge in [-0.25, -0.2) is 4.39 Å². The lowest BCUT2D eigenvalue weighted by atomic mass is 9.91. The number of rotatable bonds is 2. The van der Waals surface area contributed by atoms with E-state index in [1.807, 2.05) is 13.8 Å². The normalized spacial score (nSPS) is 11.2. The summed E-state index contributed by atoms with van der Waals surface area (Å²) in [5, 5.41) is 11.0. The van der Waals surface area contributed by atoms with Crippen LogP contribution in [0.25, 0.3) is 10.8 Å². The monoisotopic (exact) mass is 246 g/mol. The van der Waals surface area contributed by atoms with Gasteiger partial charge in [-0.1, -0.05) is 19.9 Å². The third kappa shape index (κ3) is 1.96. The third-order valence-electron chi connectivity index (χ3n) is 3.06. The summed E-state index contributed by atoms with van der Waals surface area (Å²) in [6.45, 7) is 5.25. The van der Waals surface area contributed by atoms with Crippen LogP contribution in [0.5, 0.6) is 5.75 Å². The molecule has 94 valence electrons. The Labute approximate surface area is 105 Å². The molecule has 3 heteroatoms. The number of hydrogen-bond donors (Lipinski definition) is 1. The van der Waals surface area contributed by atoms with Gasteiger partial charge in [-0.2, -0.15) is 0 Å². The van der Waals surface area contributed by atoms with E-state index in [1.165, 1.54) is 13.0 Å². The van der Waals surface area contributed by atoms with Gasteiger partial charge in [0.05, 0.1) is 5.56 Å². The van der Waals surface area contributed by atoms with E-state index >= 15 is 0 Å². The standard InChI is InChI=1S/C15H15FO2/c1-8(2)12-7-11(18)6-10-4-5-13(16)14(9(3)17)15(10)12/h4-8,18H,1-3H3. The number of Topliss-reactive ketones (excluding diaryl/α,β-unsaturated/α-hetero) is 1. The van der Waals surface area contributed by atoms with Crippen LogP contribution in [0.3, 0.4) is 0 Å². The molecule has 0 unspecified atom stereocenters. The molecule has 0 amide bonds. The molecule has 1 N–H and O–H groups in total. The van der Waals surface area contributed by atoms with Crippen LogP contribution in [0.15, 0.2) is 24.3 Å². The number of carbonyl (C=O) groups excluding carboxylic acids is 1. The average Bonchev–Trinajstić information content (AvgIpc) is 2.27. The lowest BCUT2D eigenvalue weighted by molar-refractivity contribution is 0.101. The van der Waals surface area contributed by atoms with Gasteiger partial charge < -0.3 is 5.11 Å². The molecule has 0 bridgehead atoms. The minimum Gasteiger partial charge on any atom is -0.508 e. The summed E-state index contributed by atoms with van der Waals surface area (Å²) >= 11 is 0. The zero-order valence-corrected chi connectivity index (χ0v) is 10.6. The first-order chi connectivity index (χ1) is 8.41. The molecule has 0 aliphatic carbocycles. The molecule has 0 aliphatic rings. The Kier molecular flexibility index (Phi) is 3.07. The molecule has 0 aromatic heterocycles. The van der Waals surface area contributed by atoms with Crippen molar-refractivity contribution in [3.8, 4) is 5.75 Å². The lowest BCUT2D eigenvalue weighted by Crippen LogP contribution is -2.02. The number of ketones is 1. The van der Waals surface area contributed by atoms with Crippen LogP contribution >= 0.6 is 0 Å². The van der Waals surface area contributed by atoms with Crippen LogP contribution in [-0.2, 0) is 0 Å². The molecule has 0 saturated carbocycles. The van der Waals surface area contributed by atoms with E-state index in [2.05, 4.69) is 0 Å². The van der Waals surface area contributed by atoms with Crippen molar-refractivity contribution in [1.29, 1.82) is 0 Å². The fourth-order valence-electron chi connectivity index (χ4n) is 2.26. The quantitative estimate of drug-likeness (QED) is 0.813. The van der Waals surface area contributed by atoms with Gasteiger partial charge in [0.15, 0.2) is 5.78 Å². The van der Waals surface area contributed by atoms with Crippen LogP contribution < -0.4 is 0 Å². The number of aromatic hydroxyl groups is 1. The predicted molar refractivity (Wildman–Crippen MR) is 69.7 cm³/mol. The number of phenols is 1. The van der Waals surface area contributed by atoms with Crippen LogP contribution in [0.4, 0.5) is 4.39 Å². The molecule has 18 heavy (non-hydrogen) atoms. The number of hydrogen-bond acceptors (Lipinski definition) is 2. The van der Waals surface area contributed by atoms with Crippen LogP contribution in [-0.4, -0.2) is 10.9 Å². The maximum atomic E-state index is 13.8. The van der Waals surface area contributed by atoms with E-state index in [4.69, 9.17) is 0 Å². The molecule has 0 saturated heterocycles. The molecule has 0 heterocycles. The van der Waals surface area contributed by atoms with E-state index in [-0.39, 0.29) is 23.0 Å². The van der Waals surface area contributed by atoms with Crippen molar-refractivity contribution >= 4 is 16.6 Å². The van der Waals surface area contributed by atoms with Gasteiger partial charge in [0, 0.05) is 0 Å². The topological polar surface area (TPSA) is 37.3 Å². The first-order valence-electron chi connectivity index (χ1n) is 5.88. The third-order valence-corrected chi connectivity index (χ3v) is 3.06. The Balaban J connectivity index is 2.98. The molecular weight excluding hydrogens is 231 g/mol. The summed E-state index contributed by atoms with van der Waals surface area (Å²) in [5.74, 6) is -0.583. The Bertz CT molecular complexity index is 630. The summed E-state index contributed by atoms with van der Waals surface area (Å²) in [6, 6.07) is 6.00. The van der Waals surface area contributed by atoms with E-state index in [0.29, 0.717) is 10.8 Å². The van der Waals surface area contributed by atoms with Crippen LogP contribution in [0, 0.1) is 5.82 Å². The Morgan fingerprint density at radius 3 is 2.50 bits per heavy atom. The van der Waals surface area contributed by atoms with E-state index < -0.39 is 5.82 Å². The summed E-state index contributed by atoms with van der Waals surface area (Å²) < 4.78 is 13.8. The second-order valence-corrected chi connectivity index (χ2v) is 4.77. The van der Waals surface area contributed by atoms with Gasteiger partial charge in [-0.3, -0.25) is 4.79 Å². The first-order valence-corrected chi connectivity index (χ1v) is 5.88. The maximum Gasteiger partial charge on any atom is 0.163 e. The lowest BCUT2D eigenvalue weighted by Gasteiger charge is -2.14. The van der Waals surface area contributed by atoms with Crippen molar-refractivity contribution in [2.45, 2.75) is 26.7 Å². The number of phenolic OH excluding ortho intramolecular Hbond substituents is 1. The SMILES string of the molecule is CC(=O)c1c(F)ccc2cc(O)cc(C(C)C)c12. The van der Waals surface area contributed by atoms with Crippen molar-refractivity contribution in [3.63, 3.8) is 0 Å². The zero-order chi connectivity index (χ0) is 13.4. The van der Waals surface area contributed by atoms with Crippen molar-refractivity contribution in [3.05, 3.63) is 41.2 Å². The van der Waals surface area contributed by atoms with Crippen molar-refractivity contribution in [2.75, 3.05) is 0 Å². The van der Waals surface area contributed by atoms with Gasteiger partial charge in [-0.05, 0) is 47.4 Å². The predicted octanol–water partition coefficient (Wildman–Crippen LogP) is 4.01. The summed E-state index contributed by atoms with van der Waals surface area (Å²) in [5.41, 5.74) is 0.894. The molecule has 2 nitrogen and oxygen atoms in total. The Morgan fingerprint density at radius 2 is 1.94 bits per heavy atom. The minimum absolute atomic E-state index is 0.0968. The number of halogens is 1. The summed E-state index contributed by atoms with van der Waals surface area (Å²) in [4.78, 5) is 11.6. The van der Waals surface area contributed by atoms with Crippen molar-refractivity contribution in [2.24, 2.45) is 0 Å². The molecule has 2 aromatic carbocycles. The second-order valence-electron chi connectivity index (χ2n) is 4.77. The number of fused-ring (bicyclic) bond motifs is 1. The average molecular weight is 246 g/mol. The molecular formula is C15H15FO2. The molecule has 0 spiro atoms. The zero-order valence-electron chi connectivity index (χ0n) is 10.6. The van der Waals surface area contributed by atoms with Crippen LogP contribution in [0.2, 0.25) is 0 Å². The largest absolute Gasteiger partial charge is 0.508 e. The second kappa shape index (κ2) is 4.41. The van der Waals surface area contributed by atoms with Gasteiger partial charge in [0.1, 0.15) is 11.6 Å². The summed E-state index contributed by atoms with van der Waals surface area (Å²) in [7, 11) is 0. The highest BCUT2D eigenvalue weighted by molar-refractivity contribution is 6.09. The number of carbonyl (C=O) groups is 1. The van der Waals surface area contributed by atoms with E-state index in [9.17, 15) is 14.3 Å². The highest BCUT2D eigenvalue weighted by atomic mass is 19.1. The Morgan fingerprint density at radius 1 is 1.28 bits per heavy atom. The van der Waals surface area contributed by atoms with E-state index in [1.54, 1.807) is 18.2 Å². The van der Waals surface area contributed by atoms with Gasteiger partial charge in [-0.15, -0.1) is 0 Å². The molecule has 2 aromatic rings. The first kappa shape index (κ1) is 12.6. The maximum absolute atomic E-state index is 13.8. The van der Waals surface area contributed by atoms with Gasteiger partial charge >= 0.3 is 0 Å². The molecule has 0 fully saturated rings. The molecule has 2 rings (SSSR count). The highest BCUT2D eigenvalue weighted by Crippen LogP contribution is 2.33. The van der Waals surface area contributed by atoms with Crippen LogP contribution in [0.1, 0.15) is 42.6 Å².